The quantitative estimate of drug-likeness (QED) is 0.573. The number of para-hydroxylation sites is 1. The molecule has 0 heterocycles. The number of carbonyl (C=O) groups is 1. The third-order valence-corrected chi connectivity index (χ3v) is 3.74. The van der Waals surface area contributed by atoms with Crippen LogP contribution in [0.25, 0.3) is 0 Å². The summed E-state index contributed by atoms with van der Waals surface area (Å²) in [6.07, 6.45) is 8.63. The van der Waals surface area contributed by atoms with Crippen LogP contribution in [-0.4, -0.2) is 11.0 Å². The summed E-state index contributed by atoms with van der Waals surface area (Å²) < 4.78 is 0. The van der Waals surface area contributed by atoms with E-state index in [9.17, 15) is 9.90 Å². The average molecular weight is 256 g/mol. The van der Waals surface area contributed by atoms with Gasteiger partial charge in [-0.1, -0.05) is 24.3 Å². The van der Waals surface area contributed by atoms with E-state index in [0.29, 0.717) is 11.8 Å². The maximum absolute atomic E-state index is 11.8. The van der Waals surface area contributed by atoms with Crippen LogP contribution in [0.1, 0.15) is 23.2 Å². The fourth-order valence-electron chi connectivity index (χ4n) is 2.75. The largest absolute Gasteiger partial charge is 0.507 e. The molecule has 3 rings (SSSR count). The molecule has 0 radical (unpaired) electrons. The number of hydrazine groups is 1. The number of hydrogen-bond donors (Lipinski definition) is 3. The first-order chi connectivity index (χ1) is 9.24. The summed E-state index contributed by atoms with van der Waals surface area (Å²) in [6, 6.07) is 6.48. The Morgan fingerprint density at radius 1 is 1.32 bits per heavy atom. The van der Waals surface area contributed by atoms with Crippen molar-refractivity contribution in [2.75, 3.05) is 0 Å². The second-order valence-corrected chi connectivity index (χ2v) is 5.03. The molecule has 3 N–H and O–H groups in total. The molecular weight excluding hydrogens is 240 g/mol. The van der Waals surface area contributed by atoms with Crippen molar-refractivity contribution in [3.63, 3.8) is 0 Å². The lowest BCUT2D eigenvalue weighted by atomic mass is 10.0. The highest BCUT2D eigenvalue weighted by Gasteiger charge is 2.30. The van der Waals surface area contributed by atoms with Crippen molar-refractivity contribution in [1.82, 2.24) is 10.9 Å². The van der Waals surface area contributed by atoms with Crippen molar-refractivity contribution >= 4 is 5.91 Å². The number of allylic oxidation sites excluding steroid dienone is 3. The molecule has 0 aliphatic heterocycles. The zero-order valence-corrected chi connectivity index (χ0v) is 10.5. The van der Waals surface area contributed by atoms with Crippen molar-refractivity contribution in [1.29, 1.82) is 0 Å². The van der Waals surface area contributed by atoms with E-state index in [0.717, 1.165) is 6.42 Å². The molecule has 1 fully saturated rings. The van der Waals surface area contributed by atoms with Crippen LogP contribution < -0.4 is 10.9 Å². The van der Waals surface area contributed by atoms with Gasteiger partial charge in [0.1, 0.15) is 5.75 Å². The monoisotopic (exact) mass is 256 g/mol. The van der Waals surface area contributed by atoms with Gasteiger partial charge >= 0.3 is 0 Å². The van der Waals surface area contributed by atoms with Crippen LogP contribution in [0, 0.1) is 11.8 Å². The van der Waals surface area contributed by atoms with Crippen LogP contribution >= 0.6 is 0 Å². The number of nitrogens with one attached hydrogen (secondary N) is 2. The first-order valence-corrected chi connectivity index (χ1v) is 6.45. The van der Waals surface area contributed by atoms with Crippen molar-refractivity contribution in [3.05, 3.63) is 53.8 Å². The van der Waals surface area contributed by atoms with Gasteiger partial charge in [0.25, 0.3) is 5.91 Å². The number of benzene rings is 1. The molecule has 4 nitrogen and oxygen atoms in total. The summed E-state index contributed by atoms with van der Waals surface area (Å²) in [5.41, 5.74) is 7.00. The van der Waals surface area contributed by atoms with Crippen LogP contribution in [0.4, 0.5) is 0 Å². The summed E-state index contributed by atoms with van der Waals surface area (Å²) in [4.78, 5) is 11.8. The average Bonchev–Trinajstić information content (AvgIpc) is 3.01. The lowest BCUT2D eigenvalue weighted by Gasteiger charge is -2.10. The smallest absolute Gasteiger partial charge is 0.273 e. The van der Waals surface area contributed by atoms with Gasteiger partial charge in [0, 0.05) is 12.1 Å². The Balaban J connectivity index is 1.59. The van der Waals surface area contributed by atoms with Crippen molar-refractivity contribution in [2.24, 2.45) is 11.8 Å². The zero-order chi connectivity index (χ0) is 13.2. The number of rotatable bonds is 3. The van der Waals surface area contributed by atoms with Gasteiger partial charge in [-0.2, -0.15) is 0 Å². The topological polar surface area (TPSA) is 61.4 Å². The van der Waals surface area contributed by atoms with Crippen molar-refractivity contribution < 1.29 is 9.90 Å². The van der Waals surface area contributed by atoms with Gasteiger partial charge in [-0.15, -0.1) is 0 Å². The Morgan fingerprint density at radius 3 is 2.84 bits per heavy atom. The lowest BCUT2D eigenvalue weighted by molar-refractivity contribution is 0.0938. The molecule has 98 valence electrons. The molecule has 2 aliphatic carbocycles. The number of phenols is 1. The van der Waals surface area contributed by atoms with Crippen LogP contribution in [0.3, 0.4) is 0 Å². The van der Waals surface area contributed by atoms with E-state index < -0.39 is 0 Å². The van der Waals surface area contributed by atoms with Crippen LogP contribution in [0.2, 0.25) is 0 Å². The summed E-state index contributed by atoms with van der Waals surface area (Å²) in [5.74, 6) is 0.845. The Hall–Kier alpha value is -2.23. The number of aromatic hydroxyl groups is 1. The predicted molar refractivity (Wildman–Crippen MR) is 72.1 cm³/mol. The molecule has 2 atom stereocenters. The SMILES string of the molecule is O=C(NN/C=C1\C[C@H]2C=C[C@H]1C2)c1ccccc1O. The van der Waals surface area contributed by atoms with E-state index in [-0.39, 0.29) is 17.2 Å². The fraction of sp³-hybridized carbons (Fsp3) is 0.267. The summed E-state index contributed by atoms with van der Waals surface area (Å²) in [7, 11) is 0. The number of carbonyl (C=O) groups excluding carboxylic acids is 1. The van der Waals surface area contributed by atoms with E-state index in [2.05, 4.69) is 23.0 Å². The van der Waals surface area contributed by atoms with E-state index in [1.54, 1.807) is 18.2 Å². The van der Waals surface area contributed by atoms with Gasteiger partial charge in [0.05, 0.1) is 5.56 Å². The second kappa shape index (κ2) is 4.80. The van der Waals surface area contributed by atoms with Crippen molar-refractivity contribution in [3.8, 4) is 5.75 Å². The van der Waals surface area contributed by atoms with Gasteiger partial charge in [-0.25, -0.2) is 0 Å². The van der Waals surface area contributed by atoms with Gasteiger partial charge in [0.2, 0.25) is 0 Å². The highest BCUT2D eigenvalue weighted by Crippen LogP contribution is 2.42. The van der Waals surface area contributed by atoms with Crippen LogP contribution in [0.5, 0.6) is 5.75 Å². The highest BCUT2D eigenvalue weighted by molar-refractivity contribution is 5.96. The van der Waals surface area contributed by atoms with E-state index in [4.69, 9.17) is 0 Å². The van der Waals surface area contributed by atoms with Crippen LogP contribution in [0.15, 0.2) is 48.2 Å². The Kier molecular flexibility index (Phi) is 2.99. The van der Waals surface area contributed by atoms with Crippen LogP contribution in [-0.2, 0) is 0 Å². The Morgan fingerprint density at radius 2 is 2.16 bits per heavy atom. The zero-order valence-electron chi connectivity index (χ0n) is 10.5. The summed E-state index contributed by atoms with van der Waals surface area (Å²) >= 11 is 0. The number of phenolic OH excluding ortho intramolecular Hbond substituents is 1. The summed E-state index contributed by atoms with van der Waals surface area (Å²) in [6.45, 7) is 0. The van der Waals surface area contributed by atoms with Gasteiger partial charge in [-0.05, 0) is 36.5 Å². The highest BCUT2D eigenvalue weighted by atomic mass is 16.3. The Bertz CT molecular complexity index is 563. The first-order valence-electron chi connectivity index (χ1n) is 6.45. The molecule has 1 aromatic carbocycles. The second-order valence-electron chi connectivity index (χ2n) is 5.03. The van der Waals surface area contributed by atoms with Gasteiger partial charge in [0.15, 0.2) is 0 Å². The minimum atomic E-state index is -0.339. The lowest BCUT2D eigenvalue weighted by Crippen LogP contribution is -2.34. The normalized spacial score (nSPS) is 25.8. The third kappa shape index (κ3) is 2.34. The molecule has 0 aromatic heterocycles. The minimum absolute atomic E-state index is 0.0164. The van der Waals surface area contributed by atoms with Gasteiger partial charge in [-0.3, -0.25) is 10.2 Å². The number of hydrogen-bond acceptors (Lipinski definition) is 3. The number of amides is 1. The molecule has 1 aromatic rings. The minimum Gasteiger partial charge on any atom is -0.507 e. The molecule has 1 saturated carbocycles. The molecular formula is C15H16N2O2. The maximum atomic E-state index is 11.8. The molecule has 0 saturated heterocycles. The van der Waals surface area contributed by atoms with Crippen molar-refractivity contribution in [2.45, 2.75) is 12.8 Å². The predicted octanol–water partition coefficient (Wildman–Crippen LogP) is 2.11. The molecule has 19 heavy (non-hydrogen) atoms. The fourth-order valence-corrected chi connectivity index (χ4v) is 2.75. The summed E-state index contributed by atoms with van der Waals surface area (Å²) in [5, 5.41) is 9.56. The third-order valence-electron chi connectivity index (χ3n) is 3.74. The molecule has 0 spiro atoms. The van der Waals surface area contributed by atoms with Gasteiger partial charge < -0.3 is 10.5 Å². The Labute approximate surface area is 111 Å². The standard InChI is InChI=1S/C15H16N2O2/c18-14-4-2-1-3-13(14)15(19)17-16-9-12-8-10-5-6-11(12)7-10/h1-6,9-11,16,18H,7-8H2,(H,17,19)/b12-9+/t10-,11-/m0/s1. The molecule has 0 unspecified atom stereocenters. The first kappa shape index (κ1) is 11.8. The van der Waals surface area contributed by atoms with E-state index in [1.807, 2.05) is 6.20 Å². The number of fused-ring (bicyclic) bond motifs is 2. The van der Waals surface area contributed by atoms with E-state index >= 15 is 0 Å². The molecule has 1 amide bonds. The van der Waals surface area contributed by atoms with E-state index in [1.165, 1.54) is 18.1 Å². The molecule has 4 heteroatoms. The maximum Gasteiger partial charge on any atom is 0.273 e. The molecule has 2 aliphatic rings. The molecule has 2 bridgehead atoms.